The van der Waals surface area contributed by atoms with E-state index in [4.69, 9.17) is 4.74 Å². The molecule has 3 nitrogen and oxygen atoms in total. The van der Waals surface area contributed by atoms with Crippen molar-refractivity contribution in [3.05, 3.63) is 34.4 Å². The Hall–Kier alpha value is -1.48. The van der Waals surface area contributed by atoms with E-state index in [-0.39, 0.29) is 35.6 Å². The summed E-state index contributed by atoms with van der Waals surface area (Å²) in [5, 5.41) is 0. The molecule has 2 aliphatic heterocycles. The van der Waals surface area contributed by atoms with E-state index in [0.717, 1.165) is 31.2 Å². The van der Waals surface area contributed by atoms with Crippen molar-refractivity contribution >= 4 is 11.6 Å². The average Bonchev–Trinajstić information content (AvgIpc) is 3.21. The standard InChI is InChI=1S/C20H24O3/c1-4-11-8-10(3)9-12(5-2)15(11)18-19(21)16-13-6-7-14(23-13)17(16)20(18)22/h8-9,13-14,16-18H,4-7H2,1-3H3/t13-,14+,16-,17+,18?. The van der Waals surface area contributed by atoms with Crippen LogP contribution in [0.5, 0.6) is 0 Å². The first-order valence-corrected chi connectivity index (χ1v) is 8.92. The van der Waals surface area contributed by atoms with Crippen molar-refractivity contribution in [1.29, 1.82) is 0 Å². The number of carbonyl (C=O) groups excluding carboxylic acids is 2. The fourth-order valence-electron chi connectivity index (χ4n) is 5.12. The molecule has 1 saturated carbocycles. The van der Waals surface area contributed by atoms with Gasteiger partial charge in [-0.25, -0.2) is 0 Å². The van der Waals surface area contributed by atoms with E-state index in [2.05, 4.69) is 32.9 Å². The summed E-state index contributed by atoms with van der Waals surface area (Å²) in [5.41, 5.74) is 4.57. The molecule has 122 valence electrons. The molecular formula is C20H24O3. The lowest BCUT2D eigenvalue weighted by molar-refractivity contribution is -0.127. The van der Waals surface area contributed by atoms with Crippen LogP contribution in [0.4, 0.5) is 0 Å². The van der Waals surface area contributed by atoms with E-state index in [1.54, 1.807) is 0 Å². The predicted molar refractivity (Wildman–Crippen MR) is 87.6 cm³/mol. The van der Waals surface area contributed by atoms with Crippen molar-refractivity contribution in [2.45, 2.75) is 64.6 Å². The Balaban J connectivity index is 1.83. The smallest absolute Gasteiger partial charge is 0.154 e. The van der Waals surface area contributed by atoms with Gasteiger partial charge in [-0.2, -0.15) is 0 Å². The third-order valence-corrected chi connectivity index (χ3v) is 6.05. The first-order valence-electron chi connectivity index (χ1n) is 8.92. The zero-order valence-corrected chi connectivity index (χ0v) is 14.1. The zero-order chi connectivity index (χ0) is 16.3. The van der Waals surface area contributed by atoms with Gasteiger partial charge >= 0.3 is 0 Å². The van der Waals surface area contributed by atoms with Crippen LogP contribution in [-0.2, 0) is 27.2 Å². The molecule has 1 aromatic rings. The maximum atomic E-state index is 13.1. The average molecular weight is 312 g/mol. The summed E-state index contributed by atoms with van der Waals surface area (Å²) in [7, 11) is 0. The number of aryl methyl sites for hydroxylation is 3. The number of rotatable bonds is 3. The Morgan fingerprint density at radius 2 is 1.43 bits per heavy atom. The molecule has 3 fully saturated rings. The van der Waals surface area contributed by atoms with Crippen molar-refractivity contribution in [1.82, 2.24) is 0 Å². The number of ether oxygens (including phenoxy) is 1. The Morgan fingerprint density at radius 1 is 0.957 bits per heavy atom. The molecule has 0 aromatic heterocycles. The predicted octanol–water partition coefficient (Wildman–Crippen LogP) is 3.15. The van der Waals surface area contributed by atoms with Crippen LogP contribution in [0.15, 0.2) is 12.1 Å². The van der Waals surface area contributed by atoms with Gasteiger partial charge in [0.2, 0.25) is 0 Å². The summed E-state index contributed by atoms with van der Waals surface area (Å²) in [6.45, 7) is 6.30. The second kappa shape index (κ2) is 5.27. The number of hydrogen-bond acceptors (Lipinski definition) is 3. The highest BCUT2D eigenvalue weighted by Crippen LogP contribution is 2.53. The number of ketones is 2. The van der Waals surface area contributed by atoms with Crippen LogP contribution in [0.3, 0.4) is 0 Å². The lowest BCUT2D eigenvalue weighted by Gasteiger charge is -2.20. The molecule has 0 N–H and O–H groups in total. The molecule has 3 heteroatoms. The summed E-state index contributed by atoms with van der Waals surface area (Å²) >= 11 is 0. The minimum atomic E-state index is -0.539. The summed E-state index contributed by atoms with van der Waals surface area (Å²) in [6, 6.07) is 4.29. The lowest BCUT2D eigenvalue weighted by Crippen LogP contribution is -2.29. The van der Waals surface area contributed by atoms with Gasteiger partial charge in [-0.1, -0.05) is 31.5 Å². The van der Waals surface area contributed by atoms with Crippen LogP contribution < -0.4 is 0 Å². The molecule has 1 aromatic carbocycles. The Morgan fingerprint density at radius 3 is 1.87 bits per heavy atom. The van der Waals surface area contributed by atoms with Gasteiger partial charge in [-0.15, -0.1) is 0 Å². The molecule has 23 heavy (non-hydrogen) atoms. The Bertz CT molecular complexity index is 637. The molecule has 2 saturated heterocycles. The number of carbonyl (C=O) groups is 2. The van der Waals surface area contributed by atoms with Crippen molar-refractivity contribution < 1.29 is 14.3 Å². The lowest BCUT2D eigenvalue weighted by atomic mass is 9.81. The van der Waals surface area contributed by atoms with E-state index in [0.29, 0.717) is 0 Å². The van der Waals surface area contributed by atoms with E-state index in [1.165, 1.54) is 16.7 Å². The fraction of sp³-hybridized carbons (Fsp3) is 0.600. The molecular weight excluding hydrogens is 288 g/mol. The molecule has 0 amide bonds. The van der Waals surface area contributed by atoms with E-state index >= 15 is 0 Å². The third kappa shape index (κ3) is 1.99. The van der Waals surface area contributed by atoms with Crippen LogP contribution in [-0.4, -0.2) is 23.8 Å². The molecule has 1 unspecified atom stereocenters. The van der Waals surface area contributed by atoms with Crippen LogP contribution in [0.2, 0.25) is 0 Å². The van der Waals surface area contributed by atoms with Crippen molar-refractivity contribution in [3.8, 4) is 0 Å². The van der Waals surface area contributed by atoms with Gasteiger partial charge in [0.25, 0.3) is 0 Å². The largest absolute Gasteiger partial charge is 0.373 e. The van der Waals surface area contributed by atoms with E-state index < -0.39 is 5.92 Å². The van der Waals surface area contributed by atoms with Crippen LogP contribution >= 0.6 is 0 Å². The topological polar surface area (TPSA) is 43.4 Å². The number of fused-ring (bicyclic) bond motifs is 5. The highest BCUT2D eigenvalue weighted by atomic mass is 16.5. The second-order valence-electron chi connectivity index (χ2n) is 7.28. The highest BCUT2D eigenvalue weighted by molar-refractivity contribution is 6.17. The number of hydrogen-bond donors (Lipinski definition) is 0. The molecule has 3 aliphatic rings. The maximum Gasteiger partial charge on any atom is 0.154 e. The first-order chi connectivity index (χ1) is 11.1. The van der Waals surface area contributed by atoms with Crippen molar-refractivity contribution in [2.24, 2.45) is 11.8 Å². The molecule has 2 bridgehead atoms. The Kier molecular flexibility index (Phi) is 3.45. The van der Waals surface area contributed by atoms with E-state index in [1.807, 2.05) is 0 Å². The maximum absolute atomic E-state index is 13.1. The quantitative estimate of drug-likeness (QED) is 0.805. The summed E-state index contributed by atoms with van der Waals surface area (Å²) in [4.78, 5) is 26.2. The van der Waals surface area contributed by atoms with Crippen molar-refractivity contribution in [2.75, 3.05) is 0 Å². The van der Waals surface area contributed by atoms with Gasteiger partial charge in [-0.05, 0) is 49.3 Å². The molecule has 0 spiro atoms. The molecule has 0 radical (unpaired) electrons. The summed E-state index contributed by atoms with van der Waals surface area (Å²) in [6.07, 6.45) is 3.58. The summed E-state index contributed by atoms with van der Waals surface area (Å²) in [5.74, 6) is -0.646. The number of Topliss-reactive ketones (excluding diaryl/α,β-unsaturated/α-hetero) is 2. The van der Waals surface area contributed by atoms with Gasteiger partial charge in [-0.3, -0.25) is 9.59 Å². The minimum Gasteiger partial charge on any atom is -0.373 e. The normalized spacial score (nSPS) is 35.2. The molecule has 2 heterocycles. The van der Waals surface area contributed by atoms with Gasteiger partial charge < -0.3 is 4.74 Å². The number of benzene rings is 1. The molecule has 5 atom stereocenters. The minimum absolute atomic E-state index is 0.00736. The SMILES string of the molecule is CCc1cc(C)cc(CC)c1C1C(=O)[C@@H]2[C@H](C1=O)[C@H]1CC[C@@H]2O1. The van der Waals surface area contributed by atoms with Crippen LogP contribution in [0.25, 0.3) is 0 Å². The third-order valence-electron chi connectivity index (χ3n) is 6.05. The van der Waals surface area contributed by atoms with Crippen LogP contribution in [0.1, 0.15) is 54.9 Å². The zero-order valence-electron chi connectivity index (χ0n) is 14.1. The second-order valence-corrected chi connectivity index (χ2v) is 7.28. The Labute approximate surface area is 137 Å². The van der Waals surface area contributed by atoms with Crippen molar-refractivity contribution in [3.63, 3.8) is 0 Å². The monoisotopic (exact) mass is 312 g/mol. The summed E-state index contributed by atoms with van der Waals surface area (Å²) < 4.78 is 5.85. The highest BCUT2D eigenvalue weighted by Gasteiger charge is 2.63. The molecule has 1 aliphatic carbocycles. The van der Waals surface area contributed by atoms with Gasteiger partial charge in [0.15, 0.2) is 11.6 Å². The fourth-order valence-corrected chi connectivity index (χ4v) is 5.12. The van der Waals surface area contributed by atoms with E-state index in [9.17, 15) is 9.59 Å². The molecule has 4 rings (SSSR count). The van der Waals surface area contributed by atoms with Gasteiger partial charge in [0.1, 0.15) is 5.92 Å². The van der Waals surface area contributed by atoms with Gasteiger partial charge in [0, 0.05) is 0 Å². The van der Waals surface area contributed by atoms with Crippen LogP contribution in [0, 0.1) is 18.8 Å². The van der Waals surface area contributed by atoms with Gasteiger partial charge in [0.05, 0.1) is 24.0 Å². The first kappa shape index (κ1) is 15.1.